The molecule has 3 heterocycles. The summed E-state index contributed by atoms with van der Waals surface area (Å²) in [6, 6.07) is 5.98. The number of rotatable bonds is 8. The molecule has 4 rings (SSSR count). The maximum atomic E-state index is 14.7. The number of fused-ring (bicyclic) bond motifs is 5. The van der Waals surface area contributed by atoms with E-state index >= 15 is 0 Å². The zero-order chi connectivity index (χ0) is 34.9. The van der Waals surface area contributed by atoms with Crippen LogP contribution in [0, 0.1) is 5.82 Å². The molecule has 4 radical (unpaired) electrons. The lowest BCUT2D eigenvalue weighted by Gasteiger charge is -2.32. The molecule has 248 valence electrons. The Morgan fingerprint density at radius 1 is 1.19 bits per heavy atom. The van der Waals surface area contributed by atoms with Crippen LogP contribution < -0.4 is 15.8 Å². The van der Waals surface area contributed by atoms with Gasteiger partial charge in [-0.15, -0.1) is 0 Å². The van der Waals surface area contributed by atoms with E-state index in [1.54, 1.807) is 37.0 Å². The molecule has 47 heavy (non-hydrogen) atoms. The van der Waals surface area contributed by atoms with Crippen LogP contribution in [-0.2, 0) is 25.3 Å². The average molecular weight is 681 g/mol. The predicted octanol–water partition coefficient (Wildman–Crippen LogP) is 7.01. The van der Waals surface area contributed by atoms with Gasteiger partial charge in [-0.3, -0.25) is 14.2 Å². The molecule has 0 unspecified atom stereocenters. The molecule has 0 saturated heterocycles. The van der Waals surface area contributed by atoms with Crippen LogP contribution in [0.1, 0.15) is 78.2 Å². The third-order valence-corrected chi connectivity index (χ3v) is 8.89. The van der Waals surface area contributed by atoms with E-state index in [0.717, 1.165) is 0 Å². The minimum atomic E-state index is -1.78. The molecule has 0 saturated carbocycles. The Balaban J connectivity index is 1.89. The third-order valence-electron chi connectivity index (χ3n) is 6.89. The first-order chi connectivity index (χ1) is 21.9. The number of hydrogen-bond donors (Lipinski definition) is 2. The second-order valence-corrected chi connectivity index (χ2v) is 14.5. The van der Waals surface area contributed by atoms with Gasteiger partial charge in [0.2, 0.25) is 0 Å². The van der Waals surface area contributed by atoms with E-state index in [0.29, 0.717) is 46.1 Å². The molecule has 1 atom stereocenters. The lowest BCUT2D eigenvalue weighted by atomic mass is 9.47. The van der Waals surface area contributed by atoms with Crippen molar-refractivity contribution in [3.05, 3.63) is 63.7 Å². The van der Waals surface area contributed by atoms with E-state index < -0.39 is 36.9 Å². The summed E-state index contributed by atoms with van der Waals surface area (Å²) in [6.07, 6.45) is 2.38. The van der Waals surface area contributed by atoms with Crippen molar-refractivity contribution in [1.29, 1.82) is 0 Å². The summed E-state index contributed by atoms with van der Waals surface area (Å²) < 4.78 is 41.0. The SMILES string of the molecule is [B]C1([B])/C(C=NC)=C(/N)c2ccc(F)cc2[C@@H](C)Oc2cc(cnc2NCOP(OC(C)(C)C)OC(C)(C)C)-c2c1c(Cl)nn2CC. The summed E-state index contributed by atoms with van der Waals surface area (Å²) in [4.78, 5) is 8.87. The van der Waals surface area contributed by atoms with Gasteiger partial charge in [0.05, 0.1) is 32.6 Å². The summed E-state index contributed by atoms with van der Waals surface area (Å²) in [6.45, 7) is 15.7. The van der Waals surface area contributed by atoms with Crippen molar-refractivity contribution in [2.75, 3.05) is 19.1 Å². The third kappa shape index (κ3) is 8.56. The number of pyridine rings is 1. The number of halogens is 2. The fourth-order valence-corrected chi connectivity index (χ4v) is 6.51. The first kappa shape index (κ1) is 36.9. The number of hydrogen-bond acceptors (Lipinski definition) is 9. The molecular weight excluding hydrogens is 639 g/mol. The molecule has 0 spiro atoms. The van der Waals surface area contributed by atoms with Crippen molar-refractivity contribution >= 4 is 53.6 Å². The van der Waals surface area contributed by atoms with E-state index in [-0.39, 0.29) is 23.2 Å². The number of benzene rings is 1. The Morgan fingerprint density at radius 3 is 2.45 bits per heavy atom. The molecule has 15 heteroatoms. The number of aryl methyl sites for hydroxylation is 1. The Hall–Kier alpha value is -2.95. The zero-order valence-corrected chi connectivity index (χ0v) is 30.0. The van der Waals surface area contributed by atoms with Gasteiger partial charge in [0.1, 0.15) is 18.7 Å². The Morgan fingerprint density at radius 2 is 1.85 bits per heavy atom. The van der Waals surface area contributed by atoms with Crippen LogP contribution in [0.5, 0.6) is 5.75 Å². The molecular formula is C32H41B2ClFN6O4P. The molecule has 2 bridgehead atoms. The van der Waals surface area contributed by atoms with Crippen molar-refractivity contribution in [2.45, 2.75) is 84.5 Å². The minimum Gasteiger partial charge on any atom is -0.482 e. The molecule has 1 aromatic carbocycles. The molecule has 10 nitrogen and oxygen atoms in total. The molecule has 0 fully saturated rings. The summed E-state index contributed by atoms with van der Waals surface area (Å²) in [5.74, 6) is 0.202. The zero-order valence-electron chi connectivity index (χ0n) is 28.3. The smallest absolute Gasteiger partial charge is 0.335 e. The lowest BCUT2D eigenvalue weighted by molar-refractivity contribution is 0.0350. The van der Waals surface area contributed by atoms with Gasteiger partial charge in [-0.25, -0.2) is 9.37 Å². The van der Waals surface area contributed by atoms with Gasteiger partial charge in [-0.1, -0.05) is 11.6 Å². The van der Waals surface area contributed by atoms with Crippen molar-refractivity contribution < 1.29 is 22.7 Å². The Kier molecular flexibility index (Phi) is 11.2. The number of aliphatic imine (C=N–C) groups is 1. The number of nitrogens with zero attached hydrogens (tertiary/aromatic N) is 4. The summed E-state index contributed by atoms with van der Waals surface area (Å²) in [7, 11) is 13.7. The number of anilines is 1. The predicted molar refractivity (Wildman–Crippen MR) is 188 cm³/mol. The number of nitrogens with one attached hydrogen (secondary N) is 1. The van der Waals surface area contributed by atoms with E-state index in [1.165, 1.54) is 18.3 Å². The molecule has 0 amide bonds. The first-order valence-electron chi connectivity index (χ1n) is 15.1. The van der Waals surface area contributed by atoms with E-state index in [4.69, 9.17) is 56.3 Å². The molecule has 3 N–H and O–H groups in total. The average Bonchev–Trinajstić information content (AvgIpc) is 3.30. The van der Waals surface area contributed by atoms with Crippen LogP contribution in [0.3, 0.4) is 0 Å². The lowest BCUT2D eigenvalue weighted by Crippen LogP contribution is -2.34. The van der Waals surface area contributed by atoms with Crippen LogP contribution in [0.25, 0.3) is 17.0 Å². The van der Waals surface area contributed by atoms with Crippen molar-refractivity contribution in [3.63, 3.8) is 0 Å². The highest BCUT2D eigenvalue weighted by Crippen LogP contribution is 2.48. The van der Waals surface area contributed by atoms with Crippen LogP contribution in [0.4, 0.5) is 10.2 Å². The number of nitrogens with two attached hydrogens (primary N) is 1. The van der Waals surface area contributed by atoms with Gasteiger partial charge in [0.15, 0.2) is 16.7 Å². The largest absolute Gasteiger partial charge is 0.482 e. The van der Waals surface area contributed by atoms with Crippen LogP contribution in [0.2, 0.25) is 5.15 Å². The first-order valence-corrected chi connectivity index (χ1v) is 16.6. The maximum Gasteiger partial charge on any atom is 0.335 e. The monoisotopic (exact) mass is 680 g/mol. The van der Waals surface area contributed by atoms with Crippen molar-refractivity contribution in [2.24, 2.45) is 10.7 Å². The van der Waals surface area contributed by atoms with Gasteiger partial charge < -0.3 is 24.8 Å². The highest BCUT2D eigenvalue weighted by atomic mass is 35.5. The van der Waals surface area contributed by atoms with E-state index in [2.05, 4.69) is 15.4 Å². The van der Waals surface area contributed by atoms with E-state index in [9.17, 15) is 4.39 Å². The number of allylic oxidation sites excluding steroid dienone is 1. The van der Waals surface area contributed by atoms with Gasteiger partial charge in [-0.05, 0) is 90.4 Å². The Bertz CT molecular complexity index is 1660. The quantitative estimate of drug-likeness (QED) is 0.113. The van der Waals surface area contributed by atoms with Crippen LogP contribution in [-0.4, -0.2) is 61.7 Å². The van der Waals surface area contributed by atoms with Crippen molar-refractivity contribution in [1.82, 2.24) is 14.8 Å². The van der Waals surface area contributed by atoms with Crippen molar-refractivity contribution in [3.8, 4) is 17.0 Å². The molecule has 1 aliphatic rings. The number of ether oxygens (including phenoxy) is 1. The molecule has 1 aliphatic heterocycles. The van der Waals surface area contributed by atoms with Crippen LogP contribution >= 0.6 is 20.2 Å². The van der Waals surface area contributed by atoms with E-state index in [1.807, 2.05) is 48.5 Å². The van der Waals surface area contributed by atoms with Gasteiger partial charge >= 0.3 is 8.60 Å². The van der Waals surface area contributed by atoms with Gasteiger partial charge in [-0.2, -0.15) is 5.10 Å². The topological polar surface area (TPSA) is 118 Å². The second kappa shape index (κ2) is 14.3. The molecule has 3 aromatic rings. The highest BCUT2D eigenvalue weighted by molar-refractivity contribution is 7.41. The number of aromatic nitrogens is 3. The highest BCUT2D eigenvalue weighted by Gasteiger charge is 2.36. The van der Waals surface area contributed by atoms with Gasteiger partial charge in [0, 0.05) is 54.0 Å². The maximum absolute atomic E-state index is 14.7. The van der Waals surface area contributed by atoms with Crippen LogP contribution in [0.15, 0.2) is 41.0 Å². The minimum absolute atomic E-state index is 0.0196. The normalized spacial score (nSPS) is 18.3. The second-order valence-electron chi connectivity index (χ2n) is 13.1. The Labute approximate surface area is 285 Å². The van der Waals surface area contributed by atoms with Gasteiger partial charge in [0.25, 0.3) is 0 Å². The fraction of sp³-hybridized carbons (Fsp3) is 0.469. The summed E-state index contributed by atoms with van der Waals surface area (Å²) in [5, 5.41) is 6.00. The summed E-state index contributed by atoms with van der Waals surface area (Å²) in [5.41, 5.74) is 8.52. The molecule has 2 aromatic heterocycles. The fourth-order valence-electron chi connectivity index (χ4n) is 4.97. The standard InChI is InChI=1S/C32H41B2ClFN6O4P/c1-10-42-27-19-13-24(29(39-15-19)40-17-43-47(45-30(3,4)5)46-31(6,7)8)44-18(2)22-14-20(36)11-12-21(22)26(37)23(16-38-9)32(33,34)25(27)28(35)41-42/h11-16,18H,10,17,37H2,1-9H3,(H,39,40)/b26-23+,38-16?/t18-/m1/s1. The summed E-state index contributed by atoms with van der Waals surface area (Å²) >= 11 is 6.76. The molecule has 0 aliphatic carbocycles.